The van der Waals surface area contributed by atoms with Crippen molar-refractivity contribution in [3.63, 3.8) is 0 Å². The predicted molar refractivity (Wildman–Crippen MR) is 198 cm³/mol. The van der Waals surface area contributed by atoms with Crippen LogP contribution in [0.4, 0.5) is 0 Å². The molecule has 3 aromatic carbocycles. The van der Waals surface area contributed by atoms with Crippen molar-refractivity contribution in [1.82, 2.24) is 38.0 Å². The number of morpholine rings is 1. The van der Waals surface area contributed by atoms with Crippen LogP contribution in [-0.4, -0.2) is 72.7 Å². The largest absolute Gasteiger partial charge is 0.379 e. The molecule has 3 aromatic heterocycles. The molecule has 1 fully saturated rings. The van der Waals surface area contributed by atoms with E-state index in [4.69, 9.17) is 9.72 Å². The summed E-state index contributed by atoms with van der Waals surface area (Å²) in [5.41, 5.74) is 4.03. The molecule has 260 valence electrons. The number of benzene rings is 3. The van der Waals surface area contributed by atoms with Crippen molar-refractivity contribution in [2.24, 2.45) is 7.05 Å². The molecule has 0 unspecified atom stereocenters. The monoisotopic (exact) mass is 776 g/mol. The highest BCUT2D eigenvalue weighted by atomic mass is 79.9. The van der Waals surface area contributed by atoms with E-state index < -0.39 is 10.0 Å². The maximum Gasteiger partial charge on any atom is 0.296 e. The van der Waals surface area contributed by atoms with Crippen LogP contribution in [0.25, 0.3) is 33.8 Å². The fourth-order valence-electron chi connectivity index (χ4n) is 6.25. The third kappa shape index (κ3) is 6.25. The summed E-state index contributed by atoms with van der Waals surface area (Å²) in [6.45, 7) is 6.19. The summed E-state index contributed by atoms with van der Waals surface area (Å²) in [7, 11) is -1.82. The number of fused-ring (bicyclic) bond motifs is 1. The Kier molecular flexibility index (Phi) is 9.85. The maximum atomic E-state index is 14.3. The van der Waals surface area contributed by atoms with Crippen LogP contribution in [0.5, 0.6) is 0 Å². The Morgan fingerprint density at radius 1 is 0.980 bits per heavy atom. The SMILES string of the molecule is CCCCn1c(CSc2nnc(-c3ccccc3Br)n2-c2c(C)n(C)n(-c3ccccc3)c2=O)nc2cc(S(=O)(=O)N3CCOCC3)ccc21. The smallest absolute Gasteiger partial charge is 0.296 e. The highest BCUT2D eigenvalue weighted by Crippen LogP contribution is 2.34. The zero-order chi connectivity index (χ0) is 35.0. The Bertz CT molecular complexity index is 2340. The normalized spacial score (nSPS) is 14.2. The van der Waals surface area contributed by atoms with Gasteiger partial charge in [0, 0.05) is 36.7 Å². The average molecular weight is 778 g/mol. The van der Waals surface area contributed by atoms with Gasteiger partial charge in [-0.15, -0.1) is 10.2 Å². The first-order chi connectivity index (χ1) is 24.2. The molecule has 50 heavy (non-hydrogen) atoms. The van der Waals surface area contributed by atoms with Crippen molar-refractivity contribution < 1.29 is 13.2 Å². The molecule has 7 rings (SSSR count). The summed E-state index contributed by atoms with van der Waals surface area (Å²) in [6, 6.07) is 22.5. The number of aromatic nitrogens is 7. The Balaban J connectivity index is 1.31. The number of imidazole rings is 1. The number of hydrogen-bond donors (Lipinski definition) is 0. The first-order valence-corrected chi connectivity index (χ1v) is 19.7. The number of nitrogens with zero attached hydrogens (tertiary/aromatic N) is 8. The van der Waals surface area contributed by atoms with Crippen LogP contribution in [0.1, 0.15) is 31.3 Å². The van der Waals surface area contributed by atoms with E-state index in [0.29, 0.717) is 54.2 Å². The van der Waals surface area contributed by atoms with Crippen molar-refractivity contribution in [2.75, 3.05) is 26.3 Å². The lowest BCUT2D eigenvalue weighted by molar-refractivity contribution is 0.0730. The van der Waals surface area contributed by atoms with Crippen molar-refractivity contribution in [3.8, 4) is 22.8 Å². The second-order valence-electron chi connectivity index (χ2n) is 12.0. The molecule has 4 heterocycles. The standard InChI is InChI=1S/C35H37BrN8O4S2/c1-4-5-17-42-30-16-15-26(50(46,47)41-18-20-48-21-19-41)22-29(30)37-31(42)23-49-35-39-38-33(27-13-9-10-14-28(27)36)43(35)32-24(2)40(3)44(34(32)45)25-11-7-6-8-12-25/h6-16,22H,4-5,17-21,23H2,1-3H3. The van der Waals surface area contributed by atoms with Gasteiger partial charge in [-0.2, -0.15) is 4.31 Å². The van der Waals surface area contributed by atoms with E-state index in [1.54, 1.807) is 16.8 Å². The highest BCUT2D eigenvalue weighted by molar-refractivity contribution is 9.10. The number of ether oxygens (including phenoxy) is 1. The van der Waals surface area contributed by atoms with E-state index in [-0.39, 0.29) is 10.5 Å². The lowest BCUT2D eigenvalue weighted by atomic mass is 10.2. The van der Waals surface area contributed by atoms with E-state index >= 15 is 0 Å². The Labute approximate surface area is 302 Å². The molecule has 0 radical (unpaired) electrons. The van der Waals surface area contributed by atoms with Gasteiger partial charge in [-0.25, -0.2) is 18.1 Å². The molecule has 1 aliphatic heterocycles. The fraction of sp³-hybridized carbons (Fsp3) is 0.314. The number of sulfonamides is 1. The maximum absolute atomic E-state index is 14.3. The van der Waals surface area contributed by atoms with E-state index in [1.807, 2.05) is 83.9 Å². The molecular weight excluding hydrogens is 740 g/mol. The molecular formula is C35H37BrN8O4S2. The summed E-state index contributed by atoms with van der Waals surface area (Å²) in [5, 5.41) is 9.79. The van der Waals surface area contributed by atoms with E-state index in [1.165, 1.54) is 16.1 Å². The second-order valence-corrected chi connectivity index (χ2v) is 15.8. The van der Waals surface area contributed by atoms with Gasteiger partial charge in [0.2, 0.25) is 10.0 Å². The minimum Gasteiger partial charge on any atom is -0.379 e. The summed E-state index contributed by atoms with van der Waals surface area (Å²) in [6.07, 6.45) is 1.92. The Hall–Kier alpha value is -4.02. The molecule has 0 N–H and O–H groups in total. The zero-order valence-corrected chi connectivity index (χ0v) is 31.2. The van der Waals surface area contributed by atoms with Gasteiger partial charge in [0.1, 0.15) is 11.5 Å². The molecule has 0 amide bonds. The number of halogens is 1. The molecule has 0 atom stereocenters. The Morgan fingerprint density at radius 2 is 1.72 bits per heavy atom. The molecule has 1 aliphatic rings. The molecule has 0 spiro atoms. The van der Waals surface area contributed by atoms with Gasteiger partial charge in [-0.3, -0.25) is 14.0 Å². The van der Waals surface area contributed by atoms with Crippen LogP contribution in [0.15, 0.2) is 92.1 Å². The number of rotatable bonds is 11. The summed E-state index contributed by atoms with van der Waals surface area (Å²) < 4.78 is 42.1. The van der Waals surface area contributed by atoms with Gasteiger partial charge in [-0.05, 0) is 49.7 Å². The van der Waals surface area contributed by atoms with Gasteiger partial charge in [-0.1, -0.05) is 77.4 Å². The number of para-hydroxylation sites is 1. The number of aryl methyl sites for hydroxylation is 1. The van der Waals surface area contributed by atoms with Gasteiger partial charge < -0.3 is 9.30 Å². The summed E-state index contributed by atoms with van der Waals surface area (Å²) in [5.74, 6) is 1.72. The van der Waals surface area contributed by atoms with Gasteiger partial charge in [0.05, 0.1) is 46.3 Å². The fourth-order valence-corrected chi connectivity index (χ4v) is 9.03. The summed E-state index contributed by atoms with van der Waals surface area (Å²) >= 11 is 5.11. The molecule has 6 aromatic rings. The lowest BCUT2D eigenvalue weighted by Crippen LogP contribution is -2.40. The number of unbranched alkanes of at least 4 members (excludes halogenated alkanes) is 1. The minimum atomic E-state index is -3.68. The number of hydrogen-bond acceptors (Lipinski definition) is 8. The first kappa shape index (κ1) is 34.4. The quantitative estimate of drug-likeness (QED) is 0.148. The van der Waals surface area contributed by atoms with Gasteiger partial charge in [0.25, 0.3) is 5.56 Å². The van der Waals surface area contributed by atoms with Crippen LogP contribution < -0.4 is 5.56 Å². The van der Waals surface area contributed by atoms with Crippen molar-refractivity contribution in [2.45, 2.75) is 49.0 Å². The third-order valence-electron chi connectivity index (χ3n) is 8.97. The van der Waals surface area contributed by atoms with E-state index in [9.17, 15) is 13.2 Å². The van der Waals surface area contributed by atoms with Crippen LogP contribution in [0.3, 0.4) is 0 Å². The average Bonchev–Trinajstić information content (AvgIpc) is 3.77. The van der Waals surface area contributed by atoms with Crippen LogP contribution in [0, 0.1) is 6.92 Å². The third-order valence-corrected chi connectivity index (χ3v) is 12.5. The van der Waals surface area contributed by atoms with Crippen molar-refractivity contribution >= 4 is 48.7 Å². The molecule has 15 heteroatoms. The predicted octanol–water partition coefficient (Wildman–Crippen LogP) is 5.96. The minimum absolute atomic E-state index is 0.199. The summed E-state index contributed by atoms with van der Waals surface area (Å²) in [4.78, 5) is 19.5. The van der Waals surface area contributed by atoms with Crippen molar-refractivity contribution in [1.29, 1.82) is 0 Å². The van der Waals surface area contributed by atoms with E-state index in [2.05, 4.69) is 37.6 Å². The zero-order valence-electron chi connectivity index (χ0n) is 28.0. The van der Waals surface area contributed by atoms with Crippen LogP contribution in [-0.2, 0) is 34.1 Å². The van der Waals surface area contributed by atoms with Crippen LogP contribution >= 0.6 is 27.7 Å². The number of thioether (sulfide) groups is 1. The molecule has 0 bridgehead atoms. The van der Waals surface area contributed by atoms with Gasteiger partial charge >= 0.3 is 0 Å². The lowest BCUT2D eigenvalue weighted by Gasteiger charge is -2.26. The molecule has 0 aliphatic carbocycles. The first-order valence-electron chi connectivity index (χ1n) is 16.4. The highest BCUT2D eigenvalue weighted by Gasteiger charge is 2.29. The molecule has 1 saturated heterocycles. The van der Waals surface area contributed by atoms with E-state index in [0.717, 1.165) is 52.1 Å². The van der Waals surface area contributed by atoms with Crippen molar-refractivity contribution in [3.05, 3.63) is 99.1 Å². The topological polar surface area (TPSA) is 122 Å². The second kappa shape index (κ2) is 14.3. The Morgan fingerprint density at radius 3 is 2.46 bits per heavy atom. The molecule has 12 nitrogen and oxygen atoms in total. The molecule has 0 saturated carbocycles. The van der Waals surface area contributed by atoms with Gasteiger partial charge in [0.15, 0.2) is 11.0 Å². The van der Waals surface area contributed by atoms with Crippen LogP contribution in [0.2, 0.25) is 0 Å².